The number of nitrogens with one attached hydrogen (secondary N) is 1. The molecule has 1 fully saturated rings. The maximum Gasteiger partial charge on any atom is 0.317 e. The average Bonchev–Trinajstić information content (AvgIpc) is 2.86. The summed E-state index contributed by atoms with van der Waals surface area (Å²) in [6.45, 7) is 9.08. The summed E-state index contributed by atoms with van der Waals surface area (Å²) in [7, 11) is 0. The summed E-state index contributed by atoms with van der Waals surface area (Å²) in [5.41, 5.74) is 0. The Morgan fingerprint density at radius 1 is 1.24 bits per heavy atom. The largest absolute Gasteiger partial charge is 0.481 e. The molecule has 1 saturated carbocycles. The van der Waals surface area contributed by atoms with Crippen molar-refractivity contribution in [3.8, 4) is 0 Å². The Hall–Kier alpha value is -1.26. The third-order valence-electron chi connectivity index (χ3n) is 4.35. The number of rotatable bonds is 7. The van der Waals surface area contributed by atoms with E-state index in [-0.39, 0.29) is 18.1 Å². The van der Waals surface area contributed by atoms with Crippen molar-refractivity contribution < 1.29 is 14.7 Å². The van der Waals surface area contributed by atoms with Gasteiger partial charge in [0.2, 0.25) is 0 Å². The highest BCUT2D eigenvalue weighted by Gasteiger charge is 2.35. The van der Waals surface area contributed by atoms with Crippen molar-refractivity contribution in [3.05, 3.63) is 0 Å². The van der Waals surface area contributed by atoms with Crippen molar-refractivity contribution in [1.82, 2.24) is 10.2 Å². The van der Waals surface area contributed by atoms with Gasteiger partial charge in [-0.2, -0.15) is 0 Å². The minimum absolute atomic E-state index is 0.101. The van der Waals surface area contributed by atoms with Crippen LogP contribution in [-0.4, -0.2) is 40.6 Å². The third-order valence-corrected chi connectivity index (χ3v) is 4.35. The number of hydrogen-bond donors (Lipinski definition) is 2. The molecule has 0 aliphatic heterocycles. The molecule has 1 aliphatic rings. The topological polar surface area (TPSA) is 69.6 Å². The first-order valence-electron chi connectivity index (χ1n) is 8.20. The van der Waals surface area contributed by atoms with Gasteiger partial charge in [-0.05, 0) is 31.6 Å². The summed E-state index contributed by atoms with van der Waals surface area (Å²) >= 11 is 0. The number of carbonyl (C=O) groups excluding carboxylic acids is 1. The normalized spacial score (nSPS) is 21.8. The molecule has 0 saturated heterocycles. The van der Waals surface area contributed by atoms with Crippen LogP contribution < -0.4 is 5.32 Å². The smallest absolute Gasteiger partial charge is 0.317 e. The molecule has 0 aromatic heterocycles. The molecular weight excluding hydrogens is 268 g/mol. The number of urea groups is 1. The molecule has 1 rings (SSSR count). The highest BCUT2D eigenvalue weighted by atomic mass is 16.4. The van der Waals surface area contributed by atoms with Gasteiger partial charge in [0, 0.05) is 18.6 Å². The number of nitrogens with zero attached hydrogens (tertiary/aromatic N) is 1. The van der Waals surface area contributed by atoms with Crippen LogP contribution in [0.25, 0.3) is 0 Å². The Morgan fingerprint density at radius 2 is 1.86 bits per heavy atom. The van der Waals surface area contributed by atoms with E-state index in [2.05, 4.69) is 33.0 Å². The second kappa shape index (κ2) is 8.25. The first kappa shape index (κ1) is 17.8. The average molecular weight is 298 g/mol. The van der Waals surface area contributed by atoms with Crippen LogP contribution in [0.2, 0.25) is 0 Å². The Bertz CT molecular complexity index is 353. The SMILES string of the molecule is CCC(CC)N(CC(C)C)C(=O)NC1CCCC1C(=O)O. The van der Waals surface area contributed by atoms with Gasteiger partial charge in [-0.1, -0.05) is 34.1 Å². The van der Waals surface area contributed by atoms with E-state index in [1.54, 1.807) is 0 Å². The lowest BCUT2D eigenvalue weighted by Crippen LogP contribution is -2.51. The van der Waals surface area contributed by atoms with E-state index in [1.807, 2.05) is 4.90 Å². The fourth-order valence-electron chi connectivity index (χ4n) is 3.19. The van der Waals surface area contributed by atoms with Gasteiger partial charge >= 0.3 is 12.0 Å². The minimum Gasteiger partial charge on any atom is -0.481 e. The first-order chi connectivity index (χ1) is 9.90. The van der Waals surface area contributed by atoms with E-state index in [0.717, 1.165) is 25.7 Å². The zero-order valence-electron chi connectivity index (χ0n) is 13.8. The predicted octanol–water partition coefficient (Wildman–Crippen LogP) is 3.10. The number of aliphatic carboxylic acids is 1. The molecule has 0 aromatic carbocycles. The van der Waals surface area contributed by atoms with Crippen molar-refractivity contribution >= 4 is 12.0 Å². The molecule has 2 atom stereocenters. The van der Waals surface area contributed by atoms with Gasteiger partial charge in [-0.25, -0.2) is 4.79 Å². The van der Waals surface area contributed by atoms with E-state index in [0.29, 0.717) is 18.9 Å². The molecule has 2 amide bonds. The van der Waals surface area contributed by atoms with E-state index in [1.165, 1.54) is 0 Å². The first-order valence-corrected chi connectivity index (χ1v) is 8.20. The van der Waals surface area contributed by atoms with Gasteiger partial charge in [-0.3, -0.25) is 4.79 Å². The zero-order valence-corrected chi connectivity index (χ0v) is 13.8. The zero-order chi connectivity index (χ0) is 16.0. The van der Waals surface area contributed by atoms with Crippen molar-refractivity contribution in [2.75, 3.05) is 6.54 Å². The van der Waals surface area contributed by atoms with Gasteiger partial charge < -0.3 is 15.3 Å². The summed E-state index contributed by atoms with van der Waals surface area (Å²) in [4.78, 5) is 25.7. The number of hydrogen-bond acceptors (Lipinski definition) is 2. The molecule has 0 spiro atoms. The van der Waals surface area contributed by atoms with Crippen molar-refractivity contribution in [2.24, 2.45) is 11.8 Å². The molecule has 2 N–H and O–H groups in total. The number of carbonyl (C=O) groups is 2. The molecule has 122 valence electrons. The van der Waals surface area contributed by atoms with E-state index < -0.39 is 11.9 Å². The summed E-state index contributed by atoms with van der Waals surface area (Å²) in [6.07, 6.45) is 4.14. The molecule has 0 radical (unpaired) electrons. The summed E-state index contributed by atoms with van der Waals surface area (Å²) in [6, 6.07) is -0.105. The van der Waals surface area contributed by atoms with Crippen LogP contribution in [0.3, 0.4) is 0 Å². The lowest BCUT2D eigenvalue weighted by Gasteiger charge is -2.33. The van der Waals surface area contributed by atoms with Gasteiger partial charge in [0.15, 0.2) is 0 Å². The third kappa shape index (κ3) is 4.90. The molecule has 1 aliphatic carbocycles. The maximum atomic E-state index is 12.6. The predicted molar refractivity (Wildman–Crippen MR) is 83.2 cm³/mol. The van der Waals surface area contributed by atoms with E-state index >= 15 is 0 Å². The van der Waals surface area contributed by atoms with Crippen LogP contribution in [0, 0.1) is 11.8 Å². The standard InChI is InChI=1S/C16H30N2O3/c1-5-12(6-2)18(10-11(3)4)16(21)17-14-9-7-8-13(14)15(19)20/h11-14H,5-10H2,1-4H3,(H,17,21)(H,19,20). The Labute approximate surface area is 128 Å². The van der Waals surface area contributed by atoms with Crippen LogP contribution in [-0.2, 0) is 4.79 Å². The summed E-state index contributed by atoms with van der Waals surface area (Å²) in [5, 5.41) is 12.2. The van der Waals surface area contributed by atoms with Crippen molar-refractivity contribution in [3.63, 3.8) is 0 Å². The highest BCUT2D eigenvalue weighted by Crippen LogP contribution is 2.26. The van der Waals surface area contributed by atoms with Gasteiger partial charge in [0.25, 0.3) is 0 Å². The highest BCUT2D eigenvalue weighted by molar-refractivity contribution is 5.77. The molecule has 0 bridgehead atoms. The molecule has 2 unspecified atom stereocenters. The van der Waals surface area contributed by atoms with Crippen molar-refractivity contribution in [2.45, 2.75) is 71.9 Å². The molecular formula is C16H30N2O3. The molecule has 21 heavy (non-hydrogen) atoms. The van der Waals surface area contributed by atoms with E-state index in [9.17, 15) is 14.7 Å². The Morgan fingerprint density at radius 3 is 2.33 bits per heavy atom. The number of carboxylic acid groups (broad SMARTS) is 1. The van der Waals surface area contributed by atoms with Crippen LogP contribution in [0.4, 0.5) is 4.79 Å². The van der Waals surface area contributed by atoms with Crippen LogP contribution in [0.5, 0.6) is 0 Å². The number of carboxylic acids is 1. The van der Waals surface area contributed by atoms with Crippen LogP contribution in [0.1, 0.15) is 59.8 Å². The number of amides is 2. The fourth-order valence-corrected chi connectivity index (χ4v) is 3.19. The maximum absolute atomic E-state index is 12.6. The lowest BCUT2D eigenvalue weighted by atomic mass is 10.0. The minimum atomic E-state index is -0.796. The van der Waals surface area contributed by atoms with Gasteiger partial charge in [-0.15, -0.1) is 0 Å². The lowest BCUT2D eigenvalue weighted by molar-refractivity contribution is -0.142. The summed E-state index contributed by atoms with van der Waals surface area (Å²) in [5.74, 6) is -0.831. The quantitative estimate of drug-likeness (QED) is 0.759. The van der Waals surface area contributed by atoms with E-state index in [4.69, 9.17) is 0 Å². The monoisotopic (exact) mass is 298 g/mol. The van der Waals surface area contributed by atoms with Gasteiger partial charge in [0.05, 0.1) is 5.92 Å². The molecule has 0 heterocycles. The Balaban J connectivity index is 2.73. The van der Waals surface area contributed by atoms with Crippen molar-refractivity contribution in [1.29, 1.82) is 0 Å². The summed E-state index contributed by atoms with van der Waals surface area (Å²) < 4.78 is 0. The second-order valence-corrected chi connectivity index (χ2v) is 6.45. The van der Waals surface area contributed by atoms with Crippen LogP contribution in [0.15, 0.2) is 0 Å². The second-order valence-electron chi connectivity index (χ2n) is 6.45. The van der Waals surface area contributed by atoms with Gasteiger partial charge in [0.1, 0.15) is 0 Å². The molecule has 5 heteroatoms. The fraction of sp³-hybridized carbons (Fsp3) is 0.875. The molecule has 5 nitrogen and oxygen atoms in total. The Kier molecular flexibility index (Phi) is 6.99. The van der Waals surface area contributed by atoms with Crippen LogP contribution >= 0.6 is 0 Å². The molecule has 0 aromatic rings.